The van der Waals surface area contributed by atoms with Gasteiger partial charge in [0.15, 0.2) is 0 Å². The SMILES string of the molecule is CC1=[C](c2ccc(OCc3ccccc3)c(F)c2)[In]([CH2]c2ccc(OC(C)N3C=CCCCC3)cc2)[C](OCc2ccccc2)=C1. The van der Waals surface area contributed by atoms with E-state index in [4.69, 9.17) is 14.2 Å². The van der Waals surface area contributed by atoms with Crippen molar-refractivity contribution in [2.75, 3.05) is 6.54 Å². The second-order valence-electron chi connectivity index (χ2n) is 12.1. The Morgan fingerprint density at radius 3 is 2.20 bits per heavy atom. The third-order valence-electron chi connectivity index (χ3n) is 8.67. The Bertz CT molecular complexity index is 1690. The fraction of sp³-hybridized carbons (Fsp3) is 0.250. The molecule has 0 saturated heterocycles. The molecule has 1 atom stereocenters. The summed E-state index contributed by atoms with van der Waals surface area (Å²) in [5, 5.41) is 0. The normalized spacial score (nSPS) is 15.4. The summed E-state index contributed by atoms with van der Waals surface area (Å²) in [7, 11) is 0. The van der Waals surface area contributed by atoms with E-state index >= 15 is 4.39 Å². The summed E-state index contributed by atoms with van der Waals surface area (Å²) >= 11 is -2.82. The van der Waals surface area contributed by atoms with Gasteiger partial charge in [0.05, 0.1) is 0 Å². The molecule has 2 aliphatic rings. The van der Waals surface area contributed by atoms with Gasteiger partial charge in [-0.2, -0.15) is 0 Å². The van der Waals surface area contributed by atoms with Gasteiger partial charge in [-0.1, -0.05) is 0 Å². The van der Waals surface area contributed by atoms with Gasteiger partial charge < -0.3 is 0 Å². The van der Waals surface area contributed by atoms with E-state index in [1.165, 1.54) is 27.3 Å². The monoisotopic (exact) mass is 717 g/mol. The standard InChI is InChI=1S/C25H21FO2.C15H20NO.In/c1-20(14-15-27-18-21-8-4-2-5-9-21)16-23-12-13-25(24(26)17-23)28-19-22-10-6-3-7-11-22;1-13-7-9-15(10-8-13)17-14(2)16-11-5-3-4-6-12-16;/h2-14,17H,18-19H2,1H3;5,7-11,14H,1,3-4,6,12H2,2H3;. The molecule has 0 saturated carbocycles. The molecule has 234 valence electrons. The van der Waals surface area contributed by atoms with E-state index in [-0.39, 0.29) is 17.8 Å². The van der Waals surface area contributed by atoms with Crippen molar-refractivity contribution in [1.29, 1.82) is 0 Å². The van der Waals surface area contributed by atoms with Gasteiger partial charge in [-0.15, -0.1) is 0 Å². The van der Waals surface area contributed by atoms with Gasteiger partial charge in [0.2, 0.25) is 0 Å². The number of ether oxygens (including phenoxy) is 3. The number of rotatable bonds is 12. The van der Waals surface area contributed by atoms with Gasteiger partial charge in [0, 0.05) is 0 Å². The molecule has 4 nitrogen and oxygen atoms in total. The molecule has 6 heteroatoms. The minimum atomic E-state index is -2.82. The number of benzene rings is 4. The predicted molar refractivity (Wildman–Crippen MR) is 185 cm³/mol. The molecule has 0 spiro atoms. The molecule has 0 aliphatic carbocycles. The third-order valence-corrected chi connectivity index (χ3v) is 18.3. The Morgan fingerprint density at radius 2 is 1.50 bits per heavy atom. The van der Waals surface area contributed by atoms with Crippen molar-refractivity contribution in [1.82, 2.24) is 4.90 Å². The van der Waals surface area contributed by atoms with Crippen LogP contribution in [0, 0.1) is 5.82 Å². The quantitative estimate of drug-likeness (QED) is 0.146. The van der Waals surface area contributed by atoms with E-state index in [0.717, 1.165) is 43.1 Å². The van der Waals surface area contributed by atoms with Crippen molar-refractivity contribution in [3.63, 3.8) is 0 Å². The molecular weight excluding hydrogens is 676 g/mol. The first-order valence-electron chi connectivity index (χ1n) is 16.3. The van der Waals surface area contributed by atoms with Crippen LogP contribution < -0.4 is 9.47 Å². The van der Waals surface area contributed by atoms with E-state index in [1.54, 1.807) is 12.1 Å². The van der Waals surface area contributed by atoms with Crippen LogP contribution in [0.4, 0.5) is 4.39 Å². The fourth-order valence-electron chi connectivity index (χ4n) is 6.19. The summed E-state index contributed by atoms with van der Waals surface area (Å²) in [6.45, 7) is 6.10. The van der Waals surface area contributed by atoms with Crippen LogP contribution in [-0.4, -0.2) is 39.1 Å². The molecule has 0 aromatic heterocycles. The Labute approximate surface area is 280 Å². The van der Waals surface area contributed by atoms with Gasteiger partial charge in [-0.05, 0) is 0 Å². The third kappa shape index (κ3) is 8.27. The average molecular weight is 718 g/mol. The molecule has 0 radical (unpaired) electrons. The van der Waals surface area contributed by atoms with E-state index in [2.05, 4.69) is 73.5 Å². The first-order chi connectivity index (χ1) is 22.5. The van der Waals surface area contributed by atoms with Gasteiger partial charge in [0.1, 0.15) is 0 Å². The fourth-order valence-corrected chi connectivity index (χ4v) is 15.9. The first-order valence-corrected chi connectivity index (χ1v) is 21.9. The zero-order valence-electron chi connectivity index (χ0n) is 26.7. The van der Waals surface area contributed by atoms with E-state index in [1.807, 2.05) is 54.6 Å². The zero-order valence-corrected chi connectivity index (χ0v) is 30.0. The van der Waals surface area contributed by atoms with Crippen LogP contribution in [0.3, 0.4) is 0 Å². The van der Waals surface area contributed by atoms with Crippen LogP contribution in [0.5, 0.6) is 11.5 Å². The summed E-state index contributed by atoms with van der Waals surface area (Å²) in [5.41, 5.74) is 5.49. The summed E-state index contributed by atoms with van der Waals surface area (Å²) in [6, 6.07) is 34.1. The summed E-state index contributed by atoms with van der Waals surface area (Å²) in [6.07, 6.45) is 10.1. The van der Waals surface area contributed by atoms with E-state index < -0.39 is 21.4 Å². The molecular formula is C40H41FInNO3. The van der Waals surface area contributed by atoms with Crippen molar-refractivity contribution < 1.29 is 18.6 Å². The van der Waals surface area contributed by atoms with Gasteiger partial charge >= 0.3 is 282 Å². The molecule has 0 fully saturated rings. The summed E-state index contributed by atoms with van der Waals surface area (Å²) < 4.78 is 37.5. The van der Waals surface area contributed by atoms with Crippen molar-refractivity contribution in [2.24, 2.45) is 0 Å². The Morgan fingerprint density at radius 1 is 0.804 bits per heavy atom. The van der Waals surface area contributed by atoms with Crippen molar-refractivity contribution in [2.45, 2.75) is 56.7 Å². The van der Waals surface area contributed by atoms with Crippen LogP contribution in [-0.2, 0) is 22.1 Å². The van der Waals surface area contributed by atoms with Crippen LogP contribution in [0.1, 0.15) is 55.4 Å². The van der Waals surface area contributed by atoms with Crippen molar-refractivity contribution in [3.8, 4) is 11.5 Å². The van der Waals surface area contributed by atoms with Crippen molar-refractivity contribution in [3.05, 3.63) is 159 Å². The topological polar surface area (TPSA) is 30.9 Å². The molecule has 0 bridgehead atoms. The Hall–Kier alpha value is -3.90. The van der Waals surface area contributed by atoms with Gasteiger partial charge in [0.25, 0.3) is 0 Å². The molecule has 4 aromatic rings. The summed E-state index contributed by atoms with van der Waals surface area (Å²) in [5.74, 6) is 0.795. The van der Waals surface area contributed by atoms with Crippen LogP contribution in [0.25, 0.3) is 3.33 Å². The maximum absolute atomic E-state index is 15.5. The predicted octanol–water partition coefficient (Wildman–Crippen LogP) is 9.37. The van der Waals surface area contributed by atoms with Crippen LogP contribution >= 0.6 is 0 Å². The molecule has 6 rings (SSSR count). The average Bonchev–Trinajstić information content (AvgIpc) is 3.22. The molecule has 2 aliphatic heterocycles. The van der Waals surface area contributed by atoms with Crippen LogP contribution in [0.15, 0.2) is 131 Å². The van der Waals surface area contributed by atoms with E-state index in [9.17, 15) is 0 Å². The van der Waals surface area contributed by atoms with Gasteiger partial charge in [-0.25, -0.2) is 0 Å². The van der Waals surface area contributed by atoms with Gasteiger partial charge in [-0.3, -0.25) is 0 Å². The molecule has 46 heavy (non-hydrogen) atoms. The molecule has 2 heterocycles. The molecule has 1 unspecified atom stereocenters. The second kappa shape index (κ2) is 15.6. The van der Waals surface area contributed by atoms with E-state index in [0.29, 0.717) is 13.2 Å². The maximum atomic E-state index is 15.5. The van der Waals surface area contributed by atoms with Crippen LogP contribution in [0.2, 0.25) is 0 Å². The number of halogens is 1. The summed E-state index contributed by atoms with van der Waals surface area (Å²) in [4.78, 5) is 2.27. The molecule has 0 N–H and O–H groups in total. The molecule has 4 aromatic carbocycles. The second-order valence-corrected chi connectivity index (χ2v) is 19.7. The number of allylic oxidation sites excluding steroid dienone is 3. The number of hydrogen-bond donors (Lipinski definition) is 0. The Kier molecular flexibility index (Phi) is 10.9. The number of hydrogen-bond acceptors (Lipinski definition) is 4. The zero-order chi connectivity index (χ0) is 31.7. The molecule has 0 amide bonds. The Balaban J connectivity index is 1.19. The number of nitrogens with zero attached hydrogens (tertiary/aromatic N) is 1. The first kappa shape index (κ1) is 32.1. The van der Waals surface area contributed by atoms with Crippen molar-refractivity contribution >= 4 is 24.8 Å². The minimum absolute atomic E-state index is 0.0261.